The molecule has 2 N–H and O–H groups in total. The van der Waals surface area contributed by atoms with Crippen LogP contribution in [0, 0.1) is 11.3 Å². The number of benzene rings is 1. The summed E-state index contributed by atoms with van der Waals surface area (Å²) in [5.41, 5.74) is 3.12. The monoisotopic (exact) mass is 280 g/mol. The number of nitrogens with two attached hydrogens (primary N) is 1. The molecule has 0 fully saturated rings. The van der Waals surface area contributed by atoms with Gasteiger partial charge in [0.2, 0.25) is 0 Å². The van der Waals surface area contributed by atoms with Crippen LogP contribution in [0.15, 0.2) is 30.5 Å². The topological polar surface area (TPSA) is 84.7 Å². The Labute approximate surface area is 111 Å². The highest BCUT2D eigenvalue weighted by atomic mass is 19.4. The molecule has 0 aliphatic carbocycles. The van der Waals surface area contributed by atoms with Gasteiger partial charge in [0.25, 0.3) is 5.91 Å². The van der Waals surface area contributed by atoms with E-state index in [1.165, 1.54) is 24.3 Å². The molecule has 0 radical (unpaired) electrons. The van der Waals surface area contributed by atoms with Gasteiger partial charge >= 0.3 is 6.18 Å². The lowest BCUT2D eigenvalue weighted by Crippen LogP contribution is -2.20. The van der Waals surface area contributed by atoms with Gasteiger partial charge in [-0.05, 0) is 18.2 Å². The SMILES string of the molecule is N#Cc1cccc(-n2ncc(C(N)=O)c2C(F)(F)F)c1. The molecule has 102 valence electrons. The Bertz CT molecular complexity index is 712. The molecule has 1 aromatic heterocycles. The summed E-state index contributed by atoms with van der Waals surface area (Å²) in [5.74, 6) is -1.22. The number of amides is 1. The lowest BCUT2D eigenvalue weighted by molar-refractivity contribution is -0.143. The maximum Gasteiger partial charge on any atom is 0.434 e. The van der Waals surface area contributed by atoms with Gasteiger partial charge in [-0.15, -0.1) is 0 Å². The first-order chi connectivity index (χ1) is 9.34. The van der Waals surface area contributed by atoms with Crippen molar-refractivity contribution in [2.75, 3.05) is 0 Å². The molecule has 20 heavy (non-hydrogen) atoms. The molecule has 5 nitrogen and oxygen atoms in total. The summed E-state index contributed by atoms with van der Waals surface area (Å²) in [6, 6.07) is 7.24. The number of carbonyl (C=O) groups is 1. The normalized spacial score (nSPS) is 11.1. The van der Waals surface area contributed by atoms with Crippen LogP contribution < -0.4 is 5.73 Å². The zero-order valence-corrected chi connectivity index (χ0v) is 9.85. The van der Waals surface area contributed by atoms with E-state index in [1.807, 2.05) is 6.07 Å². The summed E-state index contributed by atoms with van der Waals surface area (Å²) in [6.07, 6.45) is -4.05. The maximum atomic E-state index is 13.0. The molecule has 8 heteroatoms. The van der Waals surface area contributed by atoms with Crippen molar-refractivity contribution >= 4 is 5.91 Å². The fourth-order valence-corrected chi connectivity index (χ4v) is 1.70. The van der Waals surface area contributed by atoms with Gasteiger partial charge in [-0.25, -0.2) is 4.68 Å². The minimum atomic E-state index is -4.80. The van der Waals surface area contributed by atoms with Gasteiger partial charge in [-0.2, -0.15) is 23.5 Å². The van der Waals surface area contributed by atoms with Crippen LogP contribution >= 0.6 is 0 Å². The molecule has 0 spiro atoms. The summed E-state index contributed by atoms with van der Waals surface area (Å²) in [5, 5.41) is 12.3. The summed E-state index contributed by atoms with van der Waals surface area (Å²) in [6.45, 7) is 0. The second kappa shape index (κ2) is 4.70. The van der Waals surface area contributed by atoms with Crippen molar-refractivity contribution in [1.82, 2.24) is 9.78 Å². The third-order valence-corrected chi connectivity index (χ3v) is 2.52. The van der Waals surface area contributed by atoms with Gasteiger partial charge in [-0.3, -0.25) is 4.79 Å². The van der Waals surface area contributed by atoms with E-state index in [2.05, 4.69) is 5.10 Å². The van der Waals surface area contributed by atoms with E-state index in [4.69, 9.17) is 11.0 Å². The van der Waals surface area contributed by atoms with Crippen molar-refractivity contribution in [2.45, 2.75) is 6.18 Å². The third kappa shape index (κ3) is 2.33. The number of hydrogen-bond acceptors (Lipinski definition) is 3. The summed E-state index contributed by atoms with van der Waals surface area (Å²) in [4.78, 5) is 11.1. The van der Waals surface area contributed by atoms with Crippen molar-refractivity contribution in [3.63, 3.8) is 0 Å². The van der Waals surface area contributed by atoms with Gasteiger partial charge in [-0.1, -0.05) is 6.07 Å². The number of hydrogen-bond donors (Lipinski definition) is 1. The molecule has 0 unspecified atom stereocenters. The average molecular weight is 280 g/mol. The van der Waals surface area contributed by atoms with Gasteiger partial charge < -0.3 is 5.73 Å². The minimum absolute atomic E-state index is 0.0175. The van der Waals surface area contributed by atoms with Crippen LogP contribution in [0.25, 0.3) is 5.69 Å². The smallest absolute Gasteiger partial charge is 0.365 e. The zero-order valence-electron chi connectivity index (χ0n) is 9.85. The predicted octanol–water partition coefficient (Wildman–Crippen LogP) is 1.86. The minimum Gasteiger partial charge on any atom is -0.365 e. The van der Waals surface area contributed by atoms with Crippen LogP contribution in [0.3, 0.4) is 0 Å². The van der Waals surface area contributed by atoms with Gasteiger partial charge in [0.15, 0.2) is 5.69 Å². The number of carbonyl (C=O) groups excluding carboxylic acids is 1. The van der Waals surface area contributed by atoms with Crippen molar-refractivity contribution in [3.05, 3.63) is 47.3 Å². The molecule has 1 aromatic carbocycles. The highest BCUT2D eigenvalue weighted by Gasteiger charge is 2.40. The Hall–Kier alpha value is -2.82. The lowest BCUT2D eigenvalue weighted by Gasteiger charge is -2.11. The second-order valence-electron chi connectivity index (χ2n) is 3.84. The molecule has 1 heterocycles. The number of rotatable bonds is 2. The van der Waals surface area contributed by atoms with E-state index in [0.29, 0.717) is 4.68 Å². The molecule has 0 atom stereocenters. The van der Waals surface area contributed by atoms with Crippen molar-refractivity contribution < 1.29 is 18.0 Å². The van der Waals surface area contributed by atoms with E-state index in [9.17, 15) is 18.0 Å². The highest BCUT2D eigenvalue weighted by Crippen LogP contribution is 2.33. The van der Waals surface area contributed by atoms with Gasteiger partial charge in [0.1, 0.15) is 0 Å². The molecule has 2 aromatic rings. The van der Waals surface area contributed by atoms with E-state index in [0.717, 1.165) is 6.20 Å². The lowest BCUT2D eigenvalue weighted by atomic mass is 10.2. The third-order valence-electron chi connectivity index (χ3n) is 2.52. The van der Waals surface area contributed by atoms with E-state index >= 15 is 0 Å². The van der Waals surface area contributed by atoms with Crippen molar-refractivity contribution in [1.29, 1.82) is 5.26 Å². The van der Waals surface area contributed by atoms with Crippen LogP contribution in [-0.4, -0.2) is 15.7 Å². The van der Waals surface area contributed by atoms with Crippen LogP contribution in [0.5, 0.6) is 0 Å². The molecule has 1 amide bonds. The Morgan fingerprint density at radius 2 is 2.10 bits per heavy atom. The van der Waals surface area contributed by atoms with Crippen LogP contribution in [0.2, 0.25) is 0 Å². The number of nitrogens with zero attached hydrogens (tertiary/aromatic N) is 3. The summed E-state index contributed by atoms with van der Waals surface area (Å²) in [7, 11) is 0. The van der Waals surface area contributed by atoms with Gasteiger partial charge in [0.05, 0.1) is 29.1 Å². The quantitative estimate of drug-likeness (QED) is 0.911. The number of alkyl halides is 3. The number of nitriles is 1. The first kappa shape index (κ1) is 13.6. The van der Waals surface area contributed by atoms with Crippen LogP contribution in [0.4, 0.5) is 13.2 Å². The number of halogens is 3. The van der Waals surface area contributed by atoms with Crippen LogP contribution in [0.1, 0.15) is 21.6 Å². The molecule has 0 bridgehead atoms. The molecule has 0 aliphatic rings. The first-order valence-electron chi connectivity index (χ1n) is 5.30. The fraction of sp³-hybridized carbons (Fsp3) is 0.0833. The standard InChI is InChI=1S/C12H7F3N4O/c13-12(14,15)10-9(11(17)20)6-18-19(10)8-3-1-2-7(4-8)5-16/h1-4,6H,(H2,17,20). The Balaban J connectivity index is 2.69. The molecular formula is C12H7F3N4O. The van der Waals surface area contributed by atoms with Crippen LogP contribution in [-0.2, 0) is 6.18 Å². The average Bonchev–Trinajstić information content (AvgIpc) is 2.83. The Morgan fingerprint density at radius 3 is 2.65 bits per heavy atom. The summed E-state index contributed by atoms with van der Waals surface area (Å²) < 4.78 is 39.7. The molecule has 2 rings (SSSR count). The largest absolute Gasteiger partial charge is 0.434 e. The number of primary amides is 1. The number of aromatic nitrogens is 2. The predicted molar refractivity (Wildman–Crippen MR) is 61.8 cm³/mol. The maximum absolute atomic E-state index is 13.0. The van der Waals surface area contributed by atoms with Gasteiger partial charge in [0, 0.05) is 0 Å². The molecule has 0 aliphatic heterocycles. The van der Waals surface area contributed by atoms with E-state index in [1.54, 1.807) is 0 Å². The highest BCUT2D eigenvalue weighted by molar-refractivity contribution is 5.94. The fourth-order valence-electron chi connectivity index (χ4n) is 1.70. The molecule has 0 saturated carbocycles. The van der Waals surface area contributed by atoms with Crippen molar-refractivity contribution in [2.24, 2.45) is 5.73 Å². The Morgan fingerprint density at radius 1 is 1.40 bits per heavy atom. The molecular weight excluding hydrogens is 273 g/mol. The first-order valence-corrected chi connectivity index (χ1v) is 5.30. The Kier molecular flexibility index (Phi) is 3.19. The van der Waals surface area contributed by atoms with Crippen molar-refractivity contribution in [3.8, 4) is 11.8 Å². The zero-order chi connectivity index (χ0) is 14.9. The van der Waals surface area contributed by atoms with E-state index in [-0.39, 0.29) is 11.3 Å². The second-order valence-corrected chi connectivity index (χ2v) is 3.84. The summed E-state index contributed by atoms with van der Waals surface area (Å²) >= 11 is 0. The van der Waals surface area contributed by atoms with E-state index < -0.39 is 23.3 Å². The molecule has 0 saturated heterocycles.